The van der Waals surface area contributed by atoms with Crippen LogP contribution in [0.15, 0.2) is 18.2 Å². The monoisotopic (exact) mass is 257 g/mol. The number of rotatable bonds is 1. The standard InChI is InChI=1S/C14H15N3O2/c1-16-13(18)10-6-5-9(8-11(10)14(16)19)17-7-3-2-4-12(17)15/h5-6,8,15H,2-4,7H2,1H3. The highest BCUT2D eigenvalue weighted by Crippen LogP contribution is 2.28. The van der Waals surface area contributed by atoms with E-state index in [0.29, 0.717) is 17.0 Å². The Kier molecular flexibility index (Phi) is 2.62. The fraction of sp³-hybridized carbons (Fsp3) is 0.357. The minimum Gasteiger partial charge on any atom is -0.330 e. The number of anilines is 1. The van der Waals surface area contributed by atoms with Gasteiger partial charge in [-0.05, 0) is 31.0 Å². The number of carbonyl (C=O) groups is 2. The number of imide groups is 1. The summed E-state index contributed by atoms with van der Waals surface area (Å²) in [5.74, 6) is 0.0713. The van der Waals surface area contributed by atoms with Crippen molar-refractivity contribution in [3.63, 3.8) is 0 Å². The van der Waals surface area contributed by atoms with Crippen LogP contribution in [0.3, 0.4) is 0 Å². The zero-order chi connectivity index (χ0) is 13.6. The van der Waals surface area contributed by atoms with Crippen molar-refractivity contribution in [3.05, 3.63) is 29.3 Å². The highest BCUT2D eigenvalue weighted by molar-refractivity contribution is 6.21. The summed E-state index contributed by atoms with van der Waals surface area (Å²) >= 11 is 0. The lowest BCUT2D eigenvalue weighted by molar-refractivity contribution is 0.0693. The Labute approximate surface area is 111 Å². The van der Waals surface area contributed by atoms with Crippen LogP contribution < -0.4 is 4.90 Å². The molecule has 1 aromatic rings. The molecule has 98 valence electrons. The first-order valence-electron chi connectivity index (χ1n) is 6.41. The summed E-state index contributed by atoms with van der Waals surface area (Å²) in [7, 11) is 1.49. The fourth-order valence-corrected chi connectivity index (χ4v) is 2.63. The fourth-order valence-electron chi connectivity index (χ4n) is 2.63. The maximum absolute atomic E-state index is 12.0. The van der Waals surface area contributed by atoms with E-state index in [4.69, 9.17) is 5.41 Å². The number of nitrogens with zero attached hydrogens (tertiary/aromatic N) is 2. The third-order valence-electron chi connectivity index (χ3n) is 3.76. The second-order valence-electron chi connectivity index (χ2n) is 4.95. The van der Waals surface area contributed by atoms with Crippen LogP contribution in [0.1, 0.15) is 40.0 Å². The van der Waals surface area contributed by atoms with E-state index < -0.39 is 0 Å². The van der Waals surface area contributed by atoms with E-state index in [1.807, 2.05) is 11.0 Å². The first-order chi connectivity index (χ1) is 9.09. The smallest absolute Gasteiger partial charge is 0.261 e. The quantitative estimate of drug-likeness (QED) is 0.781. The van der Waals surface area contributed by atoms with Gasteiger partial charge in [-0.3, -0.25) is 19.9 Å². The molecule has 5 nitrogen and oxygen atoms in total. The maximum Gasteiger partial charge on any atom is 0.261 e. The molecule has 0 aliphatic carbocycles. The zero-order valence-electron chi connectivity index (χ0n) is 10.8. The number of amidine groups is 1. The average Bonchev–Trinajstić information content (AvgIpc) is 2.64. The van der Waals surface area contributed by atoms with Gasteiger partial charge in [0.2, 0.25) is 0 Å². The number of benzene rings is 1. The highest BCUT2D eigenvalue weighted by Gasteiger charge is 2.33. The number of hydrogen-bond donors (Lipinski definition) is 1. The van der Waals surface area contributed by atoms with Gasteiger partial charge in [-0.1, -0.05) is 0 Å². The minimum atomic E-state index is -0.259. The molecule has 1 aromatic carbocycles. The molecular weight excluding hydrogens is 242 g/mol. The van der Waals surface area contributed by atoms with E-state index in [1.54, 1.807) is 12.1 Å². The molecule has 3 rings (SSSR count). The van der Waals surface area contributed by atoms with Gasteiger partial charge in [0.05, 0.1) is 11.1 Å². The lowest BCUT2D eigenvalue weighted by Gasteiger charge is -2.29. The molecule has 2 aliphatic rings. The molecule has 0 atom stereocenters. The molecule has 2 heterocycles. The SMILES string of the molecule is CN1C(=O)c2ccc(N3CCCCC3=N)cc2C1=O. The van der Waals surface area contributed by atoms with Gasteiger partial charge in [-0.2, -0.15) is 0 Å². The number of nitrogens with one attached hydrogen (secondary N) is 1. The molecule has 2 amide bonds. The summed E-state index contributed by atoms with van der Waals surface area (Å²) in [5.41, 5.74) is 1.74. The van der Waals surface area contributed by atoms with E-state index in [2.05, 4.69) is 0 Å². The highest BCUT2D eigenvalue weighted by atomic mass is 16.2. The van der Waals surface area contributed by atoms with Crippen LogP contribution in [0.5, 0.6) is 0 Å². The van der Waals surface area contributed by atoms with Crippen molar-refractivity contribution in [1.29, 1.82) is 5.41 Å². The first-order valence-corrected chi connectivity index (χ1v) is 6.41. The van der Waals surface area contributed by atoms with Crippen LogP contribution in [0.25, 0.3) is 0 Å². The van der Waals surface area contributed by atoms with Crippen LogP contribution in [-0.4, -0.2) is 36.1 Å². The van der Waals surface area contributed by atoms with Gasteiger partial charge in [0.1, 0.15) is 5.84 Å². The van der Waals surface area contributed by atoms with Crippen LogP contribution in [0, 0.1) is 5.41 Å². The van der Waals surface area contributed by atoms with E-state index in [9.17, 15) is 9.59 Å². The van der Waals surface area contributed by atoms with Gasteiger partial charge in [-0.15, -0.1) is 0 Å². The summed E-state index contributed by atoms with van der Waals surface area (Å²) in [4.78, 5) is 26.8. The van der Waals surface area contributed by atoms with Crippen LogP contribution in [0.2, 0.25) is 0 Å². The van der Waals surface area contributed by atoms with Gasteiger partial charge < -0.3 is 4.90 Å². The topological polar surface area (TPSA) is 64.5 Å². The predicted molar refractivity (Wildman–Crippen MR) is 71.8 cm³/mol. The van der Waals surface area contributed by atoms with Gasteiger partial charge >= 0.3 is 0 Å². The van der Waals surface area contributed by atoms with Crippen LogP contribution in [-0.2, 0) is 0 Å². The summed E-state index contributed by atoms with van der Waals surface area (Å²) < 4.78 is 0. The van der Waals surface area contributed by atoms with Gasteiger partial charge in [0, 0.05) is 25.7 Å². The van der Waals surface area contributed by atoms with Crippen molar-refractivity contribution >= 4 is 23.3 Å². The predicted octanol–water partition coefficient (Wildman–Crippen LogP) is 1.88. The van der Waals surface area contributed by atoms with Crippen molar-refractivity contribution in [2.45, 2.75) is 19.3 Å². The second kappa shape index (κ2) is 4.19. The molecule has 0 bridgehead atoms. The van der Waals surface area contributed by atoms with Crippen molar-refractivity contribution in [2.24, 2.45) is 0 Å². The Bertz CT molecular complexity index is 594. The molecule has 1 fully saturated rings. The zero-order valence-corrected chi connectivity index (χ0v) is 10.8. The Hall–Kier alpha value is -2.17. The van der Waals surface area contributed by atoms with Gasteiger partial charge in [-0.25, -0.2) is 0 Å². The van der Waals surface area contributed by atoms with Crippen molar-refractivity contribution in [3.8, 4) is 0 Å². The number of hydrogen-bond acceptors (Lipinski definition) is 3. The third-order valence-corrected chi connectivity index (χ3v) is 3.76. The molecule has 1 N–H and O–H groups in total. The average molecular weight is 257 g/mol. The number of amides is 2. The lowest BCUT2D eigenvalue weighted by atomic mass is 10.1. The summed E-state index contributed by atoms with van der Waals surface area (Å²) in [6, 6.07) is 5.25. The molecular formula is C14H15N3O2. The van der Waals surface area contributed by atoms with Crippen LogP contribution in [0.4, 0.5) is 5.69 Å². The van der Waals surface area contributed by atoms with Gasteiger partial charge in [0.25, 0.3) is 11.8 Å². The molecule has 1 saturated heterocycles. The molecule has 0 radical (unpaired) electrons. The van der Waals surface area contributed by atoms with E-state index in [-0.39, 0.29) is 11.8 Å². The molecule has 0 unspecified atom stereocenters. The van der Waals surface area contributed by atoms with E-state index >= 15 is 0 Å². The molecule has 5 heteroatoms. The molecule has 0 aromatic heterocycles. The molecule has 19 heavy (non-hydrogen) atoms. The number of fused-ring (bicyclic) bond motifs is 1. The first kappa shape index (κ1) is 11.9. The van der Waals surface area contributed by atoms with Crippen molar-refractivity contribution in [2.75, 3.05) is 18.5 Å². The number of piperidine rings is 1. The molecule has 2 aliphatic heterocycles. The Morgan fingerprint density at radius 2 is 1.84 bits per heavy atom. The Balaban J connectivity index is 2.01. The second-order valence-corrected chi connectivity index (χ2v) is 4.95. The van der Waals surface area contributed by atoms with Crippen molar-refractivity contribution in [1.82, 2.24) is 4.90 Å². The summed E-state index contributed by atoms with van der Waals surface area (Å²) in [6.45, 7) is 0.801. The van der Waals surface area contributed by atoms with Crippen molar-refractivity contribution < 1.29 is 9.59 Å². The number of carbonyl (C=O) groups excluding carboxylic acids is 2. The lowest BCUT2D eigenvalue weighted by Crippen LogP contribution is -2.34. The van der Waals surface area contributed by atoms with Crippen LogP contribution >= 0.6 is 0 Å². The third kappa shape index (κ3) is 1.73. The normalized spacial score (nSPS) is 19.1. The summed E-state index contributed by atoms with van der Waals surface area (Å²) in [5, 5.41) is 7.97. The van der Waals surface area contributed by atoms with E-state index in [1.165, 1.54) is 7.05 Å². The minimum absolute atomic E-state index is 0.250. The molecule has 0 spiro atoms. The Morgan fingerprint density at radius 3 is 2.58 bits per heavy atom. The maximum atomic E-state index is 12.0. The molecule has 0 saturated carbocycles. The van der Waals surface area contributed by atoms with E-state index in [0.717, 1.165) is 36.4 Å². The Morgan fingerprint density at radius 1 is 1.11 bits per heavy atom. The van der Waals surface area contributed by atoms with Gasteiger partial charge in [0.15, 0.2) is 0 Å². The summed E-state index contributed by atoms with van der Waals surface area (Å²) in [6.07, 6.45) is 2.86. The largest absolute Gasteiger partial charge is 0.330 e.